The molecule has 0 radical (unpaired) electrons. The molecule has 84 valence electrons. The molecule has 1 atom stereocenters. The summed E-state index contributed by atoms with van der Waals surface area (Å²) in [7, 11) is 0. The molecule has 0 heterocycles. The molecular formula is C12H18ClNO. The molecule has 1 unspecified atom stereocenters. The van der Waals surface area contributed by atoms with Crippen molar-refractivity contribution in [3.8, 4) is 0 Å². The summed E-state index contributed by atoms with van der Waals surface area (Å²) in [5, 5.41) is 0.767. The largest absolute Gasteiger partial charge is 0.374 e. The minimum absolute atomic E-state index is 0.241. The van der Waals surface area contributed by atoms with E-state index in [1.54, 1.807) is 0 Å². The maximum atomic E-state index is 6.01. The molecule has 0 saturated heterocycles. The normalized spacial score (nSPS) is 12.7. The van der Waals surface area contributed by atoms with Crippen LogP contribution in [0.25, 0.3) is 0 Å². The Bertz CT molecular complexity index is 291. The second-order valence-corrected chi connectivity index (χ2v) is 4.05. The first-order valence-corrected chi connectivity index (χ1v) is 5.67. The van der Waals surface area contributed by atoms with Gasteiger partial charge in [0, 0.05) is 5.02 Å². The van der Waals surface area contributed by atoms with Gasteiger partial charge in [-0.05, 0) is 37.9 Å². The molecule has 1 aromatic rings. The molecule has 2 nitrogen and oxygen atoms in total. The van der Waals surface area contributed by atoms with Crippen LogP contribution in [0.15, 0.2) is 24.3 Å². The highest BCUT2D eigenvalue weighted by molar-refractivity contribution is 6.31. The van der Waals surface area contributed by atoms with Crippen LogP contribution in [0, 0.1) is 0 Å². The Morgan fingerprint density at radius 3 is 2.80 bits per heavy atom. The molecule has 0 spiro atoms. The van der Waals surface area contributed by atoms with Crippen molar-refractivity contribution in [2.45, 2.75) is 32.5 Å². The summed E-state index contributed by atoms with van der Waals surface area (Å²) in [6.45, 7) is 3.36. The number of rotatable bonds is 6. The molecule has 0 saturated carbocycles. The van der Waals surface area contributed by atoms with E-state index in [4.69, 9.17) is 22.1 Å². The quantitative estimate of drug-likeness (QED) is 0.811. The average Bonchev–Trinajstić information content (AvgIpc) is 2.25. The van der Waals surface area contributed by atoms with Gasteiger partial charge in [0.2, 0.25) is 0 Å². The molecule has 2 N–H and O–H groups in total. The molecule has 0 aliphatic heterocycles. The van der Waals surface area contributed by atoms with Crippen LogP contribution in [-0.4, -0.2) is 12.6 Å². The lowest BCUT2D eigenvalue weighted by Gasteiger charge is -2.13. The van der Waals surface area contributed by atoms with E-state index in [9.17, 15) is 0 Å². The SMILES string of the molecule is CC(CCCN)OCc1ccccc1Cl. The van der Waals surface area contributed by atoms with E-state index in [1.165, 1.54) is 0 Å². The van der Waals surface area contributed by atoms with Crippen LogP contribution in [0.1, 0.15) is 25.3 Å². The molecule has 1 rings (SSSR count). The van der Waals surface area contributed by atoms with Crippen molar-refractivity contribution in [3.05, 3.63) is 34.9 Å². The summed E-state index contributed by atoms with van der Waals surface area (Å²) in [6.07, 6.45) is 2.25. The van der Waals surface area contributed by atoms with Gasteiger partial charge in [0.25, 0.3) is 0 Å². The van der Waals surface area contributed by atoms with Gasteiger partial charge in [-0.1, -0.05) is 29.8 Å². The third-order valence-electron chi connectivity index (χ3n) is 2.30. The fraction of sp³-hybridized carbons (Fsp3) is 0.500. The zero-order valence-corrected chi connectivity index (χ0v) is 9.83. The molecule has 0 fully saturated rings. The Kier molecular flexibility index (Phi) is 5.69. The van der Waals surface area contributed by atoms with E-state index in [-0.39, 0.29) is 6.10 Å². The van der Waals surface area contributed by atoms with Gasteiger partial charge < -0.3 is 10.5 Å². The molecule has 0 bridgehead atoms. The fourth-order valence-electron chi connectivity index (χ4n) is 1.34. The predicted octanol–water partition coefficient (Wildman–Crippen LogP) is 2.98. The fourth-order valence-corrected chi connectivity index (χ4v) is 1.53. The van der Waals surface area contributed by atoms with Gasteiger partial charge >= 0.3 is 0 Å². The van der Waals surface area contributed by atoms with Crippen molar-refractivity contribution in [1.29, 1.82) is 0 Å². The lowest BCUT2D eigenvalue weighted by atomic mass is 10.2. The Balaban J connectivity index is 2.33. The van der Waals surface area contributed by atoms with Crippen LogP contribution in [0.5, 0.6) is 0 Å². The highest BCUT2D eigenvalue weighted by Gasteiger charge is 2.04. The molecule has 0 aliphatic carbocycles. The van der Waals surface area contributed by atoms with Crippen molar-refractivity contribution in [1.82, 2.24) is 0 Å². The monoisotopic (exact) mass is 227 g/mol. The van der Waals surface area contributed by atoms with E-state index >= 15 is 0 Å². The Labute approximate surface area is 96.4 Å². The maximum Gasteiger partial charge on any atom is 0.0734 e. The van der Waals surface area contributed by atoms with Gasteiger partial charge in [-0.15, -0.1) is 0 Å². The number of nitrogens with two attached hydrogens (primary N) is 1. The second-order valence-electron chi connectivity index (χ2n) is 3.64. The molecular weight excluding hydrogens is 210 g/mol. The summed E-state index contributed by atoms with van der Waals surface area (Å²) in [5.41, 5.74) is 6.47. The smallest absolute Gasteiger partial charge is 0.0734 e. The van der Waals surface area contributed by atoms with E-state index < -0.39 is 0 Å². The first-order valence-electron chi connectivity index (χ1n) is 5.29. The third-order valence-corrected chi connectivity index (χ3v) is 2.66. The predicted molar refractivity (Wildman–Crippen MR) is 64.0 cm³/mol. The number of ether oxygens (including phenoxy) is 1. The van der Waals surface area contributed by atoms with Crippen LogP contribution in [0.4, 0.5) is 0 Å². The van der Waals surface area contributed by atoms with E-state index in [1.807, 2.05) is 24.3 Å². The third kappa shape index (κ3) is 4.65. The van der Waals surface area contributed by atoms with Gasteiger partial charge in [0.1, 0.15) is 0 Å². The lowest BCUT2D eigenvalue weighted by Crippen LogP contribution is -2.11. The van der Waals surface area contributed by atoms with Crippen molar-refractivity contribution >= 4 is 11.6 Å². The van der Waals surface area contributed by atoms with Crippen molar-refractivity contribution < 1.29 is 4.74 Å². The van der Waals surface area contributed by atoms with E-state index in [0.717, 1.165) is 30.0 Å². The highest BCUT2D eigenvalue weighted by Crippen LogP contribution is 2.16. The Morgan fingerprint density at radius 2 is 2.13 bits per heavy atom. The first-order chi connectivity index (χ1) is 7.24. The summed E-state index contributed by atoms with van der Waals surface area (Å²) >= 11 is 6.01. The van der Waals surface area contributed by atoms with Gasteiger partial charge in [-0.25, -0.2) is 0 Å². The second kappa shape index (κ2) is 6.83. The summed E-state index contributed by atoms with van der Waals surface area (Å²) in [4.78, 5) is 0. The maximum absolute atomic E-state index is 6.01. The molecule has 3 heteroatoms. The average molecular weight is 228 g/mol. The number of halogens is 1. The Morgan fingerprint density at radius 1 is 1.40 bits per heavy atom. The van der Waals surface area contributed by atoms with Crippen molar-refractivity contribution in [3.63, 3.8) is 0 Å². The zero-order chi connectivity index (χ0) is 11.1. The number of hydrogen-bond acceptors (Lipinski definition) is 2. The highest BCUT2D eigenvalue weighted by atomic mass is 35.5. The first kappa shape index (κ1) is 12.5. The van der Waals surface area contributed by atoms with Gasteiger partial charge in [0.15, 0.2) is 0 Å². The molecule has 0 aromatic heterocycles. The van der Waals surface area contributed by atoms with Crippen LogP contribution >= 0.6 is 11.6 Å². The topological polar surface area (TPSA) is 35.2 Å². The van der Waals surface area contributed by atoms with Gasteiger partial charge in [-0.3, -0.25) is 0 Å². The molecule has 0 amide bonds. The van der Waals surface area contributed by atoms with Crippen LogP contribution < -0.4 is 5.73 Å². The van der Waals surface area contributed by atoms with Crippen LogP contribution in [0.2, 0.25) is 5.02 Å². The standard InChI is InChI=1S/C12H18ClNO/c1-10(5-4-8-14)15-9-11-6-2-3-7-12(11)13/h2-3,6-7,10H,4-5,8-9,14H2,1H3. The van der Waals surface area contributed by atoms with Gasteiger partial charge in [-0.2, -0.15) is 0 Å². The van der Waals surface area contributed by atoms with Crippen molar-refractivity contribution in [2.24, 2.45) is 5.73 Å². The minimum atomic E-state index is 0.241. The minimum Gasteiger partial charge on any atom is -0.374 e. The summed E-state index contributed by atoms with van der Waals surface area (Å²) in [5.74, 6) is 0. The lowest BCUT2D eigenvalue weighted by molar-refractivity contribution is 0.0468. The molecule has 0 aliphatic rings. The molecule has 15 heavy (non-hydrogen) atoms. The van der Waals surface area contributed by atoms with Crippen molar-refractivity contribution in [2.75, 3.05) is 6.54 Å². The van der Waals surface area contributed by atoms with Gasteiger partial charge in [0.05, 0.1) is 12.7 Å². The Hall–Kier alpha value is -0.570. The number of hydrogen-bond donors (Lipinski definition) is 1. The summed E-state index contributed by atoms with van der Waals surface area (Å²) in [6, 6.07) is 7.75. The van der Waals surface area contributed by atoms with Crippen LogP contribution in [0.3, 0.4) is 0 Å². The number of benzene rings is 1. The summed E-state index contributed by atoms with van der Waals surface area (Å²) < 4.78 is 5.67. The molecule has 1 aromatic carbocycles. The van der Waals surface area contributed by atoms with E-state index in [2.05, 4.69) is 6.92 Å². The van der Waals surface area contributed by atoms with E-state index in [0.29, 0.717) is 6.61 Å². The van der Waals surface area contributed by atoms with Crippen LogP contribution in [-0.2, 0) is 11.3 Å². The zero-order valence-electron chi connectivity index (χ0n) is 9.08.